The van der Waals surface area contributed by atoms with E-state index in [1.807, 2.05) is 6.07 Å². The first kappa shape index (κ1) is 23.7. The summed E-state index contributed by atoms with van der Waals surface area (Å²) in [6.45, 7) is -0.880. The van der Waals surface area contributed by atoms with Crippen LogP contribution in [0.1, 0.15) is 59.8 Å². The molecule has 1 unspecified atom stereocenters. The molecule has 7 nitrogen and oxygen atoms in total. The van der Waals surface area contributed by atoms with E-state index in [2.05, 4.69) is 25.9 Å². The summed E-state index contributed by atoms with van der Waals surface area (Å²) in [6, 6.07) is 4.49. The fourth-order valence-electron chi connectivity index (χ4n) is 4.57. The minimum Gasteiger partial charge on any atom is -0.301 e. The van der Waals surface area contributed by atoms with E-state index in [4.69, 9.17) is 0 Å². The molecular weight excluding hydrogens is 537 g/mol. The number of halogens is 4. The van der Waals surface area contributed by atoms with Gasteiger partial charge in [0.25, 0.3) is 5.91 Å². The van der Waals surface area contributed by atoms with Crippen molar-refractivity contribution in [2.75, 3.05) is 11.4 Å². The Hall–Kier alpha value is -2.05. The number of benzene rings is 1. The number of nitrogens with zero attached hydrogens (tertiary/aromatic N) is 4. The number of carbonyl (C=O) groups is 1. The molecule has 182 valence electrons. The molecule has 2 saturated carbocycles. The van der Waals surface area contributed by atoms with Crippen LogP contribution in [0.5, 0.6) is 0 Å². The number of alkyl halides is 3. The number of amides is 1. The van der Waals surface area contributed by atoms with Crippen molar-refractivity contribution in [1.82, 2.24) is 14.3 Å². The Kier molecular flexibility index (Phi) is 5.96. The van der Waals surface area contributed by atoms with Crippen LogP contribution in [-0.4, -0.2) is 46.7 Å². The van der Waals surface area contributed by atoms with Crippen molar-refractivity contribution >= 4 is 37.5 Å². The Morgan fingerprint density at radius 3 is 2.38 bits per heavy atom. The van der Waals surface area contributed by atoms with Gasteiger partial charge < -0.3 is 4.90 Å². The standard InChI is InChI=1S/C22H22BrF3N4O3S/c23-15-9-27-20(28-10-15)21(31)30-16(8-13-4-5-13)11-29(34(32,33)22(24,25)26)12-18-17(14-6-7-14)2-1-3-19(18)30/h1-3,9-10,13-14,16H,4-8,11-12H2. The molecule has 2 heterocycles. The Morgan fingerprint density at radius 1 is 1.12 bits per heavy atom. The Labute approximate surface area is 203 Å². The first-order chi connectivity index (χ1) is 16.1. The molecule has 0 N–H and O–H groups in total. The maximum atomic E-state index is 13.7. The molecule has 2 aromatic rings. The SMILES string of the molecule is O=C(c1ncc(Br)cn1)N1c2cccc(C3CC3)c2CN(S(=O)(=O)C(F)(F)F)CC1CC1CC1. The summed E-state index contributed by atoms with van der Waals surface area (Å²) in [5.74, 6) is -0.279. The second-order valence-electron chi connectivity index (χ2n) is 9.10. The molecule has 2 aliphatic carbocycles. The predicted octanol–water partition coefficient (Wildman–Crippen LogP) is 4.60. The highest BCUT2D eigenvalue weighted by Crippen LogP contribution is 2.47. The third-order valence-electron chi connectivity index (χ3n) is 6.54. The highest BCUT2D eigenvalue weighted by molar-refractivity contribution is 9.10. The van der Waals surface area contributed by atoms with Gasteiger partial charge in [-0.1, -0.05) is 25.0 Å². The van der Waals surface area contributed by atoms with Crippen molar-refractivity contribution in [2.24, 2.45) is 5.92 Å². The van der Waals surface area contributed by atoms with Crippen LogP contribution in [0.2, 0.25) is 0 Å². The van der Waals surface area contributed by atoms with E-state index in [-0.39, 0.29) is 17.7 Å². The van der Waals surface area contributed by atoms with Gasteiger partial charge in [0.1, 0.15) is 0 Å². The summed E-state index contributed by atoms with van der Waals surface area (Å²) in [4.78, 5) is 23.3. The summed E-state index contributed by atoms with van der Waals surface area (Å²) in [7, 11) is -5.60. The van der Waals surface area contributed by atoms with Gasteiger partial charge in [-0.3, -0.25) is 4.79 Å². The number of hydrogen-bond acceptors (Lipinski definition) is 5. The van der Waals surface area contributed by atoms with E-state index in [1.54, 1.807) is 12.1 Å². The molecule has 0 spiro atoms. The first-order valence-electron chi connectivity index (χ1n) is 11.1. The number of carbonyl (C=O) groups excluding carboxylic acids is 1. The van der Waals surface area contributed by atoms with Crippen LogP contribution in [0, 0.1) is 5.92 Å². The van der Waals surface area contributed by atoms with E-state index in [0.717, 1.165) is 31.2 Å². The van der Waals surface area contributed by atoms with Crippen molar-refractivity contribution in [3.05, 3.63) is 52.0 Å². The van der Waals surface area contributed by atoms with Crippen LogP contribution in [-0.2, 0) is 16.6 Å². The van der Waals surface area contributed by atoms with Crippen molar-refractivity contribution in [3.8, 4) is 0 Å². The molecular formula is C22H22BrF3N4O3S. The highest BCUT2D eigenvalue weighted by Gasteiger charge is 2.52. The van der Waals surface area contributed by atoms with Crippen molar-refractivity contribution in [1.29, 1.82) is 0 Å². The first-order valence-corrected chi connectivity index (χ1v) is 13.3. The van der Waals surface area contributed by atoms with Gasteiger partial charge in [0.15, 0.2) is 0 Å². The second-order valence-corrected chi connectivity index (χ2v) is 11.9. The van der Waals surface area contributed by atoms with Crippen LogP contribution >= 0.6 is 15.9 Å². The average Bonchev–Trinajstić information content (AvgIpc) is 3.67. The molecule has 2 fully saturated rings. The summed E-state index contributed by atoms with van der Waals surface area (Å²) in [6.07, 6.45) is 6.79. The molecule has 0 radical (unpaired) electrons. The van der Waals surface area contributed by atoms with E-state index >= 15 is 0 Å². The molecule has 1 aliphatic heterocycles. The molecule has 12 heteroatoms. The van der Waals surface area contributed by atoms with Crippen molar-refractivity contribution in [2.45, 2.75) is 56.1 Å². The molecule has 34 heavy (non-hydrogen) atoms. The molecule has 1 aromatic heterocycles. The second kappa shape index (κ2) is 8.56. The van der Waals surface area contributed by atoms with Gasteiger partial charge in [0.05, 0.1) is 10.5 Å². The predicted molar refractivity (Wildman–Crippen MR) is 121 cm³/mol. The molecule has 5 rings (SSSR count). The van der Waals surface area contributed by atoms with Gasteiger partial charge >= 0.3 is 15.5 Å². The molecule has 0 saturated heterocycles. The minimum absolute atomic E-state index is 0.0982. The number of sulfonamides is 1. The van der Waals surface area contributed by atoms with Crippen molar-refractivity contribution < 1.29 is 26.4 Å². The van der Waals surface area contributed by atoms with E-state index in [1.165, 1.54) is 17.3 Å². The summed E-state index contributed by atoms with van der Waals surface area (Å²) >= 11 is 3.23. The topological polar surface area (TPSA) is 83.5 Å². The van der Waals surface area contributed by atoms with Gasteiger partial charge in [0.2, 0.25) is 5.82 Å². The van der Waals surface area contributed by atoms with Gasteiger partial charge in [-0.25, -0.2) is 18.4 Å². The highest BCUT2D eigenvalue weighted by atomic mass is 79.9. The Morgan fingerprint density at radius 2 is 1.79 bits per heavy atom. The lowest BCUT2D eigenvalue weighted by molar-refractivity contribution is -0.0492. The zero-order valence-corrected chi connectivity index (χ0v) is 20.4. The van der Waals surface area contributed by atoms with E-state index in [9.17, 15) is 26.4 Å². The zero-order chi connectivity index (χ0) is 24.3. The maximum absolute atomic E-state index is 13.7. The third-order valence-corrected chi connectivity index (χ3v) is 8.50. The minimum atomic E-state index is -5.60. The Bertz CT molecular complexity index is 1210. The fourth-order valence-corrected chi connectivity index (χ4v) is 5.74. The van der Waals surface area contributed by atoms with Crippen molar-refractivity contribution in [3.63, 3.8) is 0 Å². The quantitative estimate of drug-likeness (QED) is 0.535. The number of aromatic nitrogens is 2. The molecule has 0 bridgehead atoms. The number of rotatable bonds is 5. The van der Waals surface area contributed by atoms with Gasteiger partial charge in [0, 0.05) is 31.2 Å². The fraction of sp³-hybridized carbons (Fsp3) is 0.500. The molecule has 1 atom stereocenters. The maximum Gasteiger partial charge on any atom is 0.511 e. The summed E-state index contributed by atoms with van der Waals surface area (Å²) in [5.41, 5.74) is -3.76. The van der Waals surface area contributed by atoms with Gasteiger partial charge in [-0.05, 0) is 64.2 Å². The number of anilines is 1. The van der Waals surface area contributed by atoms with Crippen LogP contribution in [0.4, 0.5) is 18.9 Å². The summed E-state index contributed by atoms with van der Waals surface area (Å²) in [5, 5.41) is 0. The summed E-state index contributed by atoms with van der Waals surface area (Å²) < 4.78 is 67.1. The monoisotopic (exact) mass is 558 g/mol. The van der Waals surface area contributed by atoms with Crippen LogP contribution in [0.3, 0.4) is 0 Å². The number of hydrogen-bond donors (Lipinski definition) is 0. The van der Waals surface area contributed by atoms with Crippen LogP contribution in [0.15, 0.2) is 35.1 Å². The largest absolute Gasteiger partial charge is 0.511 e. The lowest BCUT2D eigenvalue weighted by atomic mass is 9.99. The smallest absolute Gasteiger partial charge is 0.301 e. The zero-order valence-electron chi connectivity index (χ0n) is 18.0. The van der Waals surface area contributed by atoms with E-state index in [0.29, 0.717) is 26.4 Å². The lowest BCUT2D eigenvalue weighted by Crippen LogP contribution is -2.49. The third kappa shape index (κ3) is 4.47. The molecule has 3 aliphatic rings. The normalized spacial score (nSPS) is 21.8. The Balaban J connectivity index is 1.66. The average molecular weight is 559 g/mol. The van der Waals surface area contributed by atoms with E-state index < -0.39 is 40.6 Å². The van der Waals surface area contributed by atoms with Crippen LogP contribution in [0.25, 0.3) is 0 Å². The van der Waals surface area contributed by atoms with Gasteiger partial charge in [-0.15, -0.1) is 0 Å². The lowest BCUT2D eigenvalue weighted by Gasteiger charge is -2.32. The molecule has 1 amide bonds. The number of fused-ring (bicyclic) bond motifs is 1. The van der Waals surface area contributed by atoms with Crippen LogP contribution < -0.4 is 4.90 Å². The van der Waals surface area contributed by atoms with Gasteiger partial charge in [-0.2, -0.15) is 17.5 Å². The molecule has 1 aromatic carbocycles.